The fourth-order valence-electron chi connectivity index (χ4n) is 6.27. The minimum atomic E-state index is 0.432. The lowest BCUT2D eigenvalue weighted by Crippen LogP contribution is -2.10. The van der Waals surface area contributed by atoms with Crippen LogP contribution in [-0.4, -0.2) is 13.2 Å². The van der Waals surface area contributed by atoms with Crippen LogP contribution in [0.4, 0.5) is 0 Å². The van der Waals surface area contributed by atoms with E-state index in [9.17, 15) is 0 Å². The fourth-order valence-corrected chi connectivity index (χ4v) is 6.27. The zero-order valence-corrected chi connectivity index (χ0v) is 29.2. The molecule has 0 fully saturated rings. The maximum atomic E-state index is 6.20. The highest BCUT2D eigenvalue weighted by Gasteiger charge is 2.10. The lowest BCUT2D eigenvalue weighted by molar-refractivity contribution is 0.113. The van der Waals surface area contributed by atoms with E-state index in [-0.39, 0.29) is 0 Å². The van der Waals surface area contributed by atoms with Crippen molar-refractivity contribution >= 4 is 0 Å². The van der Waals surface area contributed by atoms with Crippen LogP contribution >= 0.6 is 0 Å². The molecule has 0 heterocycles. The molecule has 0 aliphatic carbocycles. The van der Waals surface area contributed by atoms with Crippen molar-refractivity contribution in [3.05, 3.63) is 70.8 Å². The quantitative estimate of drug-likeness (QED) is 0.0896. The summed E-state index contributed by atoms with van der Waals surface area (Å²) in [5.74, 6) is 0.865. The van der Waals surface area contributed by atoms with Crippen molar-refractivity contribution in [2.24, 2.45) is 0 Å². The van der Waals surface area contributed by atoms with Crippen LogP contribution in [0.25, 0.3) is 0 Å². The Hall–Kier alpha value is -1.60. The normalized spacial score (nSPS) is 12.9. The third-order valence-corrected chi connectivity index (χ3v) is 9.47. The van der Waals surface area contributed by atoms with Gasteiger partial charge in [-0.15, -0.1) is 0 Å². The van der Waals surface area contributed by atoms with E-state index >= 15 is 0 Å². The Bertz CT molecular complexity index is 793. The average molecular weight is 591 g/mol. The van der Waals surface area contributed by atoms with E-state index in [0.29, 0.717) is 11.8 Å². The first-order valence-corrected chi connectivity index (χ1v) is 18.9. The Labute approximate surface area is 269 Å². The molecule has 0 N–H and O–H groups in total. The molecule has 0 aliphatic rings. The molecule has 244 valence electrons. The summed E-state index contributed by atoms with van der Waals surface area (Å²) < 4.78 is 6.20. The highest BCUT2D eigenvalue weighted by molar-refractivity contribution is 5.26. The molecule has 1 heteroatoms. The van der Waals surface area contributed by atoms with Crippen molar-refractivity contribution in [1.29, 1.82) is 0 Å². The maximum absolute atomic E-state index is 6.20. The Morgan fingerprint density at radius 2 is 0.674 bits per heavy atom. The number of benzene rings is 2. The van der Waals surface area contributed by atoms with E-state index in [2.05, 4.69) is 76.2 Å². The number of hydrogen-bond acceptors (Lipinski definition) is 1. The van der Waals surface area contributed by atoms with Crippen LogP contribution in [0.5, 0.6) is 0 Å². The molecule has 2 atom stereocenters. The van der Waals surface area contributed by atoms with Gasteiger partial charge in [-0.1, -0.05) is 192 Å². The monoisotopic (exact) mass is 591 g/mol. The molecular weight excluding hydrogens is 520 g/mol. The molecule has 43 heavy (non-hydrogen) atoms. The van der Waals surface area contributed by atoms with Crippen LogP contribution in [0, 0.1) is 0 Å². The van der Waals surface area contributed by atoms with Crippen molar-refractivity contribution in [2.45, 2.75) is 181 Å². The number of aryl methyl sites for hydroxylation is 2. The number of rotatable bonds is 28. The Morgan fingerprint density at radius 3 is 0.977 bits per heavy atom. The summed E-state index contributed by atoms with van der Waals surface area (Å²) in [6.45, 7) is 10.8. The third kappa shape index (κ3) is 18.7. The van der Waals surface area contributed by atoms with Crippen molar-refractivity contribution in [3.8, 4) is 0 Å². The topological polar surface area (TPSA) is 9.23 Å². The maximum Gasteiger partial charge on any atom is 0.0532 e. The Morgan fingerprint density at radius 1 is 0.395 bits per heavy atom. The lowest BCUT2D eigenvalue weighted by Gasteiger charge is -2.17. The van der Waals surface area contributed by atoms with Crippen LogP contribution in [-0.2, 0) is 17.6 Å². The summed E-state index contributed by atoms with van der Waals surface area (Å²) in [5, 5.41) is 0. The summed E-state index contributed by atoms with van der Waals surface area (Å²) >= 11 is 0. The van der Waals surface area contributed by atoms with Crippen LogP contribution in [0.3, 0.4) is 0 Å². The molecule has 0 saturated heterocycles. The molecule has 2 unspecified atom stereocenters. The van der Waals surface area contributed by atoms with Gasteiger partial charge in [-0.3, -0.25) is 0 Å². The summed E-state index contributed by atoms with van der Waals surface area (Å²) in [6, 6.07) is 18.7. The molecule has 1 nitrogen and oxygen atoms in total. The standard InChI is InChI=1S/C42H70O/c1-5-7-9-11-13-15-17-19-21-23-25-39-27-31-41(32-28-39)37(3)35-43-36-38(4)42-33-29-40(30-34-42)26-24-22-20-18-16-14-12-10-8-6-2/h27-34,37-38H,5-26,35-36H2,1-4H3. The van der Waals surface area contributed by atoms with E-state index in [1.165, 1.54) is 164 Å². The SMILES string of the molecule is CCCCCCCCCCCCc1ccc(C(C)COCC(C)c2ccc(CCCCCCCCCCCC)cc2)cc1. The van der Waals surface area contributed by atoms with Crippen LogP contribution in [0.1, 0.15) is 190 Å². The molecule has 2 rings (SSSR count). The van der Waals surface area contributed by atoms with E-state index in [1.807, 2.05) is 0 Å². The van der Waals surface area contributed by atoms with Crippen molar-refractivity contribution in [2.75, 3.05) is 13.2 Å². The highest BCUT2D eigenvalue weighted by atomic mass is 16.5. The molecular formula is C42H70O. The largest absolute Gasteiger partial charge is 0.380 e. The van der Waals surface area contributed by atoms with Crippen LogP contribution < -0.4 is 0 Å². The van der Waals surface area contributed by atoms with E-state index in [0.717, 1.165) is 13.2 Å². The molecule has 0 aliphatic heterocycles. The summed E-state index contributed by atoms with van der Waals surface area (Å²) in [6.07, 6.45) is 30.5. The molecule has 0 spiro atoms. The second kappa shape index (κ2) is 25.7. The summed E-state index contributed by atoms with van der Waals surface area (Å²) in [4.78, 5) is 0. The molecule has 0 aromatic heterocycles. The second-order valence-electron chi connectivity index (χ2n) is 13.7. The van der Waals surface area contributed by atoms with Gasteiger partial charge < -0.3 is 4.74 Å². The van der Waals surface area contributed by atoms with Gasteiger partial charge >= 0.3 is 0 Å². The third-order valence-electron chi connectivity index (χ3n) is 9.47. The second-order valence-corrected chi connectivity index (χ2v) is 13.7. The number of hydrogen-bond donors (Lipinski definition) is 0. The zero-order chi connectivity index (χ0) is 30.8. The van der Waals surface area contributed by atoms with Crippen molar-refractivity contribution in [3.63, 3.8) is 0 Å². The van der Waals surface area contributed by atoms with Crippen LogP contribution in [0.2, 0.25) is 0 Å². The van der Waals surface area contributed by atoms with Gasteiger partial charge in [0.1, 0.15) is 0 Å². The molecule has 0 radical (unpaired) electrons. The fraction of sp³-hybridized carbons (Fsp3) is 0.714. The van der Waals surface area contributed by atoms with Gasteiger partial charge in [0.25, 0.3) is 0 Å². The summed E-state index contributed by atoms with van der Waals surface area (Å²) in [5.41, 5.74) is 5.77. The Balaban J connectivity index is 1.52. The van der Waals surface area contributed by atoms with Crippen molar-refractivity contribution < 1.29 is 4.74 Å². The van der Waals surface area contributed by atoms with Gasteiger partial charge in [-0.25, -0.2) is 0 Å². The Kier molecular flexibility index (Phi) is 22.5. The first-order chi connectivity index (χ1) is 21.1. The van der Waals surface area contributed by atoms with Crippen LogP contribution in [0.15, 0.2) is 48.5 Å². The molecule has 0 amide bonds. The predicted octanol–water partition coefficient (Wildman–Crippen LogP) is 13.5. The van der Waals surface area contributed by atoms with Gasteiger partial charge in [0, 0.05) is 11.8 Å². The summed E-state index contributed by atoms with van der Waals surface area (Å²) in [7, 11) is 0. The van der Waals surface area contributed by atoms with Gasteiger partial charge in [0.05, 0.1) is 13.2 Å². The smallest absolute Gasteiger partial charge is 0.0532 e. The first kappa shape index (κ1) is 37.6. The number of ether oxygens (including phenoxy) is 1. The number of unbranched alkanes of at least 4 members (excludes halogenated alkanes) is 18. The minimum Gasteiger partial charge on any atom is -0.380 e. The van der Waals surface area contributed by atoms with E-state index in [1.54, 1.807) is 0 Å². The minimum absolute atomic E-state index is 0.432. The first-order valence-electron chi connectivity index (χ1n) is 18.9. The molecule has 2 aromatic carbocycles. The lowest BCUT2D eigenvalue weighted by atomic mass is 9.97. The van der Waals surface area contributed by atoms with Gasteiger partial charge in [0.2, 0.25) is 0 Å². The molecule has 2 aromatic rings. The van der Waals surface area contributed by atoms with E-state index in [4.69, 9.17) is 4.74 Å². The van der Waals surface area contributed by atoms with E-state index < -0.39 is 0 Å². The van der Waals surface area contributed by atoms with Gasteiger partial charge in [-0.05, 0) is 47.9 Å². The predicted molar refractivity (Wildman–Crippen MR) is 192 cm³/mol. The van der Waals surface area contributed by atoms with Gasteiger partial charge in [0.15, 0.2) is 0 Å². The molecule has 0 saturated carbocycles. The molecule has 0 bridgehead atoms. The van der Waals surface area contributed by atoms with Gasteiger partial charge in [-0.2, -0.15) is 0 Å². The highest BCUT2D eigenvalue weighted by Crippen LogP contribution is 2.21. The van der Waals surface area contributed by atoms with Crippen molar-refractivity contribution in [1.82, 2.24) is 0 Å². The average Bonchev–Trinajstić information content (AvgIpc) is 3.03. The zero-order valence-electron chi connectivity index (χ0n) is 29.2.